The highest BCUT2D eigenvalue weighted by Crippen LogP contribution is 2.19. The number of carbonyl (C=O) groups excluding carboxylic acids is 1. The molecule has 0 atom stereocenters. The molecule has 164 valence electrons. The van der Waals surface area contributed by atoms with Gasteiger partial charge >= 0.3 is 0 Å². The van der Waals surface area contributed by atoms with E-state index in [-0.39, 0.29) is 5.91 Å². The van der Waals surface area contributed by atoms with Crippen LogP contribution in [0.5, 0.6) is 5.75 Å². The molecule has 1 amide bonds. The molecule has 2 aromatic carbocycles. The van der Waals surface area contributed by atoms with Gasteiger partial charge in [0.05, 0.1) is 17.8 Å². The second-order valence-corrected chi connectivity index (χ2v) is 7.82. The summed E-state index contributed by atoms with van der Waals surface area (Å²) >= 11 is 0. The molecule has 32 heavy (non-hydrogen) atoms. The highest BCUT2D eigenvalue weighted by atomic mass is 16.5. The maximum Gasteiger partial charge on any atom is 0.256 e. The third-order valence-electron chi connectivity index (χ3n) is 5.49. The molecule has 7 heteroatoms. The lowest BCUT2D eigenvalue weighted by Gasteiger charge is -2.08. The number of nitrogens with one attached hydrogen (secondary N) is 1. The monoisotopic (exact) mass is 430 g/mol. The second kappa shape index (κ2) is 9.09. The van der Waals surface area contributed by atoms with Crippen molar-refractivity contribution in [2.24, 2.45) is 0 Å². The molecule has 1 N–H and O–H groups in total. The van der Waals surface area contributed by atoms with Crippen molar-refractivity contribution in [3.8, 4) is 5.75 Å². The zero-order valence-corrected chi connectivity index (χ0v) is 18.7. The Kier molecular flexibility index (Phi) is 6.07. The number of hydrogen-bond donors (Lipinski definition) is 1. The maximum absolute atomic E-state index is 12.7. The lowest BCUT2D eigenvalue weighted by atomic mass is 10.1. The molecule has 0 radical (unpaired) electrons. The Labute approximate surface area is 187 Å². The van der Waals surface area contributed by atoms with Gasteiger partial charge in [-0.25, -0.2) is 0 Å². The number of ether oxygens (including phenoxy) is 1. The summed E-state index contributed by atoms with van der Waals surface area (Å²) in [7, 11) is 0. The Balaban J connectivity index is 1.38. The molecular formula is C25H26N4O3. The average molecular weight is 431 g/mol. The molecule has 7 nitrogen and oxygen atoms in total. The van der Waals surface area contributed by atoms with Crippen molar-refractivity contribution in [3.63, 3.8) is 0 Å². The fourth-order valence-corrected chi connectivity index (χ4v) is 3.43. The normalized spacial score (nSPS) is 10.9. The van der Waals surface area contributed by atoms with Crippen LogP contribution < -0.4 is 10.1 Å². The maximum atomic E-state index is 12.7. The van der Waals surface area contributed by atoms with Crippen LogP contribution in [-0.2, 0) is 13.2 Å². The van der Waals surface area contributed by atoms with Gasteiger partial charge in [0.15, 0.2) is 5.82 Å². The zero-order valence-electron chi connectivity index (χ0n) is 18.7. The molecule has 2 heterocycles. The van der Waals surface area contributed by atoms with E-state index >= 15 is 0 Å². The van der Waals surface area contributed by atoms with Crippen LogP contribution in [0.4, 0.5) is 5.82 Å². The zero-order chi connectivity index (χ0) is 22.7. The fraction of sp³-hybridized carbons (Fsp3) is 0.240. The van der Waals surface area contributed by atoms with E-state index in [9.17, 15) is 4.79 Å². The third kappa shape index (κ3) is 4.72. The molecule has 4 aromatic rings. The Bertz CT molecular complexity index is 1220. The van der Waals surface area contributed by atoms with Crippen LogP contribution in [0.15, 0.2) is 59.1 Å². The van der Waals surface area contributed by atoms with E-state index in [1.165, 1.54) is 11.1 Å². The van der Waals surface area contributed by atoms with Crippen molar-refractivity contribution < 1.29 is 14.1 Å². The molecule has 0 spiro atoms. The van der Waals surface area contributed by atoms with Crippen molar-refractivity contribution in [2.45, 2.75) is 40.8 Å². The first kappa shape index (κ1) is 21.4. The molecule has 0 bridgehead atoms. The van der Waals surface area contributed by atoms with Crippen LogP contribution in [0.2, 0.25) is 0 Å². The van der Waals surface area contributed by atoms with Gasteiger partial charge in [-0.2, -0.15) is 5.10 Å². The smallest absolute Gasteiger partial charge is 0.256 e. The SMILES string of the molecule is Cc1ccccc1Cn1nc(NC(=O)c2ccc(OCc3c(C)noc3C)cc2)cc1C. The van der Waals surface area contributed by atoms with Gasteiger partial charge in [-0.1, -0.05) is 29.4 Å². The molecule has 0 unspecified atom stereocenters. The van der Waals surface area contributed by atoms with Crippen molar-refractivity contribution in [2.75, 3.05) is 5.32 Å². The molecule has 2 aromatic heterocycles. The van der Waals surface area contributed by atoms with E-state index in [0.29, 0.717) is 30.3 Å². The Morgan fingerprint density at radius 3 is 2.50 bits per heavy atom. The summed E-state index contributed by atoms with van der Waals surface area (Å²) in [4.78, 5) is 12.7. The summed E-state index contributed by atoms with van der Waals surface area (Å²) in [5.41, 5.74) is 5.67. The van der Waals surface area contributed by atoms with E-state index in [1.807, 2.05) is 43.7 Å². The predicted molar refractivity (Wildman–Crippen MR) is 122 cm³/mol. The topological polar surface area (TPSA) is 82.2 Å². The summed E-state index contributed by atoms with van der Waals surface area (Å²) < 4.78 is 12.8. The standard InChI is InChI=1S/C25H26N4O3/c1-16-7-5-6-8-21(16)14-29-17(2)13-24(27-29)26-25(30)20-9-11-22(12-10-20)31-15-23-18(3)28-32-19(23)4/h5-13H,14-15H2,1-4H3,(H,26,27,30). The quantitative estimate of drug-likeness (QED) is 0.447. The molecule has 0 aliphatic carbocycles. The highest BCUT2D eigenvalue weighted by Gasteiger charge is 2.12. The van der Waals surface area contributed by atoms with Gasteiger partial charge in [-0.15, -0.1) is 0 Å². The third-order valence-corrected chi connectivity index (χ3v) is 5.49. The van der Waals surface area contributed by atoms with Gasteiger partial charge in [-0.3, -0.25) is 9.48 Å². The minimum Gasteiger partial charge on any atom is -0.489 e. The minimum atomic E-state index is -0.220. The van der Waals surface area contributed by atoms with Crippen LogP contribution in [0.1, 0.15) is 44.2 Å². The number of nitrogens with zero attached hydrogens (tertiary/aromatic N) is 3. The van der Waals surface area contributed by atoms with E-state index in [4.69, 9.17) is 9.26 Å². The predicted octanol–water partition coefficient (Wildman–Crippen LogP) is 4.98. The molecule has 0 saturated heterocycles. The van der Waals surface area contributed by atoms with Crippen molar-refractivity contribution in [1.29, 1.82) is 0 Å². The highest BCUT2D eigenvalue weighted by molar-refractivity contribution is 6.03. The lowest BCUT2D eigenvalue weighted by Crippen LogP contribution is -2.13. The number of aryl methyl sites for hydroxylation is 4. The van der Waals surface area contributed by atoms with Crippen molar-refractivity contribution in [3.05, 3.63) is 94.0 Å². The number of hydrogen-bond acceptors (Lipinski definition) is 5. The van der Waals surface area contributed by atoms with Crippen LogP contribution in [-0.4, -0.2) is 20.8 Å². The molecular weight excluding hydrogens is 404 g/mol. The molecule has 0 aliphatic rings. The first-order valence-electron chi connectivity index (χ1n) is 10.5. The largest absolute Gasteiger partial charge is 0.489 e. The van der Waals surface area contributed by atoms with Gasteiger partial charge < -0.3 is 14.6 Å². The average Bonchev–Trinajstić information content (AvgIpc) is 3.29. The Morgan fingerprint density at radius 1 is 1.06 bits per heavy atom. The number of benzene rings is 2. The van der Waals surface area contributed by atoms with Gasteiger partial charge in [0.2, 0.25) is 0 Å². The molecule has 0 aliphatic heterocycles. The second-order valence-electron chi connectivity index (χ2n) is 7.82. The summed E-state index contributed by atoms with van der Waals surface area (Å²) in [6, 6.07) is 17.1. The van der Waals surface area contributed by atoms with Gasteiger partial charge in [0.1, 0.15) is 18.1 Å². The number of amides is 1. The van der Waals surface area contributed by atoms with E-state index in [0.717, 1.165) is 22.7 Å². The van der Waals surface area contributed by atoms with Gasteiger partial charge in [0, 0.05) is 17.3 Å². The van der Waals surface area contributed by atoms with Gasteiger partial charge in [-0.05, 0) is 63.1 Å². The Morgan fingerprint density at radius 2 is 1.81 bits per heavy atom. The summed E-state index contributed by atoms with van der Waals surface area (Å²) in [5, 5.41) is 11.4. The first-order chi connectivity index (χ1) is 15.4. The number of rotatable bonds is 7. The van der Waals surface area contributed by atoms with Crippen LogP contribution >= 0.6 is 0 Å². The molecule has 0 fully saturated rings. The summed E-state index contributed by atoms with van der Waals surface area (Å²) in [6.07, 6.45) is 0. The minimum absolute atomic E-state index is 0.220. The fourth-order valence-electron chi connectivity index (χ4n) is 3.43. The van der Waals surface area contributed by atoms with E-state index in [2.05, 4.69) is 34.6 Å². The van der Waals surface area contributed by atoms with E-state index < -0.39 is 0 Å². The van der Waals surface area contributed by atoms with Crippen molar-refractivity contribution in [1.82, 2.24) is 14.9 Å². The van der Waals surface area contributed by atoms with Crippen LogP contribution in [0.3, 0.4) is 0 Å². The summed E-state index contributed by atoms with van der Waals surface area (Å²) in [5.74, 6) is 1.72. The summed E-state index contributed by atoms with van der Waals surface area (Å²) in [6.45, 7) is 8.82. The lowest BCUT2D eigenvalue weighted by molar-refractivity contribution is 0.102. The number of aromatic nitrogens is 3. The van der Waals surface area contributed by atoms with Gasteiger partial charge in [0.25, 0.3) is 5.91 Å². The number of carbonyl (C=O) groups is 1. The Hall–Kier alpha value is -3.87. The van der Waals surface area contributed by atoms with Crippen LogP contribution in [0, 0.1) is 27.7 Å². The molecule has 0 saturated carbocycles. The molecule has 4 rings (SSSR count). The van der Waals surface area contributed by atoms with E-state index in [1.54, 1.807) is 24.3 Å². The first-order valence-corrected chi connectivity index (χ1v) is 10.5. The number of anilines is 1. The van der Waals surface area contributed by atoms with Crippen molar-refractivity contribution >= 4 is 11.7 Å². The van der Waals surface area contributed by atoms with Crippen LogP contribution in [0.25, 0.3) is 0 Å².